The number of nitrogens with zero attached hydrogens (tertiary/aromatic N) is 3. The van der Waals surface area contributed by atoms with Crippen LogP contribution in [0.2, 0.25) is 0 Å². The Kier molecular flexibility index (Phi) is 3.36. The van der Waals surface area contributed by atoms with Crippen LogP contribution in [0.1, 0.15) is 12.1 Å². The number of benzene rings is 1. The largest absolute Gasteiger partial charge is 0.355 e. The van der Waals surface area contributed by atoms with Crippen LogP contribution in [0.15, 0.2) is 30.3 Å². The van der Waals surface area contributed by atoms with Crippen molar-refractivity contribution in [2.75, 3.05) is 18.0 Å². The number of anilines is 1. The lowest BCUT2D eigenvalue weighted by atomic mass is 10.2. The summed E-state index contributed by atoms with van der Waals surface area (Å²) in [6.07, 6.45) is 0.981. The maximum Gasteiger partial charge on any atom is 0.161 e. The predicted molar refractivity (Wildman–Crippen MR) is 77.0 cm³/mol. The Morgan fingerprint density at radius 1 is 1.25 bits per heavy atom. The van der Waals surface area contributed by atoms with Crippen molar-refractivity contribution in [2.24, 2.45) is 5.73 Å². The zero-order valence-corrected chi connectivity index (χ0v) is 11.4. The lowest BCUT2D eigenvalue weighted by molar-refractivity contribution is 0.628. The second-order valence-electron chi connectivity index (χ2n) is 5.19. The molecule has 1 fully saturated rings. The first kappa shape index (κ1) is 13.0. The molecule has 0 bridgehead atoms. The number of hydrogen-bond donors (Lipinski definition) is 1. The molecule has 2 heterocycles. The quantitative estimate of drug-likeness (QED) is 0.910. The molecule has 0 saturated carbocycles. The highest BCUT2D eigenvalue weighted by molar-refractivity contribution is 5.58. The maximum atomic E-state index is 13.0. The van der Waals surface area contributed by atoms with Crippen LogP contribution in [-0.2, 0) is 0 Å². The Labute approximate surface area is 117 Å². The van der Waals surface area contributed by atoms with E-state index >= 15 is 0 Å². The smallest absolute Gasteiger partial charge is 0.161 e. The molecule has 20 heavy (non-hydrogen) atoms. The highest BCUT2D eigenvalue weighted by Gasteiger charge is 2.21. The molecule has 1 atom stereocenters. The molecule has 1 aliphatic rings. The first-order valence-electron chi connectivity index (χ1n) is 6.74. The third-order valence-corrected chi connectivity index (χ3v) is 3.49. The molecule has 0 spiro atoms. The van der Waals surface area contributed by atoms with Crippen molar-refractivity contribution in [1.29, 1.82) is 0 Å². The molecule has 0 aliphatic carbocycles. The predicted octanol–water partition coefficient (Wildman–Crippen LogP) is 2.13. The zero-order valence-electron chi connectivity index (χ0n) is 11.4. The highest BCUT2D eigenvalue weighted by Crippen LogP contribution is 2.22. The van der Waals surface area contributed by atoms with Crippen molar-refractivity contribution in [3.8, 4) is 11.4 Å². The molecule has 1 aromatic heterocycles. The molecule has 1 aliphatic heterocycles. The molecule has 1 unspecified atom stereocenters. The second-order valence-corrected chi connectivity index (χ2v) is 5.19. The van der Waals surface area contributed by atoms with Gasteiger partial charge in [-0.3, -0.25) is 0 Å². The molecular formula is C15H17FN4. The Hall–Kier alpha value is -2.01. The fraction of sp³-hybridized carbons (Fsp3) is 0.333. The Morgan fingerprint density at radius 3 is 2.65 bits per heavy atom. The number of rotatable bonds is 2. The molecule has 0 amide bonds. The van der Waals surface area contributed by atoms with E-state index in [0.29, 0.717) is 5.82 Å². The first-order valence-corrected chi connectivity index (χ1v) is 6.74. The van der Waals surface area contributed by atoms with Gasteiger partial charge >= 0.3 is 0 Å². The van der Waals surface area contributed by atoms with Crippen molar-refractivity contribution in [3.05, 3.63) is 41.8 Å². The van der Waals surface area contributed by atoms with Crippen molar-refractivity contribution in [3.63, 3.8) is 0 Å². The van der Waals surface area contributed by atoms with Crippen LogP contribution in [0.3, 0.4) is 0 Å². The lowest BCUT2D eigenvalue weighted by Crippen LogP contribution is -2.27. The first-order chi connectivity index (χ1) is 9.61. The summed E-state index contributed by atoms with van der Waals surface area (Å²) in [6, 6.07) is 8.41. The van der Waals surface area contributed by atoms with Gasteiger partial charge in [-0.25, -0.2) is 14.4 Å². The molecule has 5 heteroatoms. The van der Waals surface area contributed by atoms with Crippen molar-refractivity contribution in [2.45, 2.75) is 19.4 Å². The van der Waals surface area contributed by atoms with Gasteiger partial charge in [0.2, 0.25) is 0 Å². The van der Waals surface area contributed by atoms with Crippen molar-refractivity contribution >= 4 is 5.82 Å². The van der Waals surface area contributed by atoms with E-state index in [-0.39, 0.29) is 11.9 Å². The van der Waals surface area contributed by atoms with Crippen LogP contribution in [-0.4, -0.2) is 29.1 Å². The monoisotopic (exact) mass is 272 g/mol. The minimum atomic E-state index is -0.257. The summed E-state index contributed by atoms with van der Waals surface area (Å²) in [5.74, 6) is 1.26. The number of halogens is 1. The van der Waals surface area contributed by atoms with Gasteiger partial charge in [-0.05, 0) is 37.6 Å². The molecule has 0 radical (unpaired) electrons. The van der Waals surface area contributed by atoms with E-state index in [1.165, 1.54) is 12.1 Å². The topological polar surface area (TPSA) is 55.0 Å². The number of nitrogens with two attached hydrogens (primary N) is 1. The molecular weight excluding hydrogens is 255 g/mol. The number of hydrogen-bond acceptors (Lipinski definition) is 4. The van der Waals surface area contributed by atoms with Gasteiger partial charge in [-0.15, -0.1) is 0 Å². The van der Waals surface area contributed by atoms with E-state index in [9.17, 15) is 4.39 Å². The van der Waals surface area contributed by atoms with Crippen LogP contribution in [0.4, 0.5) is 10.2 Å². The standard InChI is InChI=1S/C15H17FN4/c1-10-8-14(20-7-6-13(17)9-20)19-15(18-10)11-2-4-12(16)5-3-11/h2-5,8,13H,6-7,9,17H2,1H3. The van der Waals surface area contributed by atoms with Gasteiger partial charge in [0, 0.05) is 36.5 Å². The van der Waals surface area contributed by atoms with Gasteiger partial charge in [-0.1, -0.05) is 0 Å². The van der Waals surface area contributed by atoms with Gasteiger partial charge < -0.3 is 10.6 Å². The van der Waals surface area contributed by atoms with Gasteiger partial charge in [0.05, 0.1) is 0 Å². The second kappa shape index (κ2) is 5.17. The average molecular weight is 272 g/mol. The molecule has 1 aromatic carbocycles. The highest BCUT2D eigenvalue weighted by atomic mass is 19.1. The van der Waals surface area contributed by atoms with Gasteiger partial charge in [0.25, 0.3) is 0 Å². The van der Waals surface area contributed by atoms with Crippen molar-refractivity contribution < 1.29 is 4.39 Å². The van der Waals surface area contributed by atoms with Gasteiger partial charge in [-0.2, -0.15) is 0 Å². The number of aryl methyl sites for hydroxylation is 1. The van der Waals surface area contributed by atoms with E-state index in [4.69, 9.17) is 5.73 Å². The van der Waals surface area contributed by atoms with E-state index in [1.54, 1.807) is 12.1 Å². The minimum Gasteiger partial charge on any atom is -0.355 e. The van der Waals surface area contributed by atoms with E-state index in [2.05, 4.69) is 14.9 Å². The average Bonchev–Trinajstić information content (AvgIpc) is 2.85. The molecule has 1 saturated heterocycles. The summed E-state index contributed by atoms with van der Waals surface area (Å²) >= 11 is 0. The van der Waals surface area contributed by atoms with Crippen LogP contribution in [0.25, 0.3) is 11.4 Å². The normalized spacial score (nSPS) is 18.6. The molecule has 2 aromatic rings. The third kappa shape index (κ3) is 2.63. The van der Waals surface area contributed by atoms with Gasteiger partial charge in [0.1, 0.15) is 11.6 Å². The Balaban J connectivity index is 1.96. The fourth-order valence-electron chi connectivity index (χ4n) is 2.44. The Morgan fingerprint density at radius 2 is 2.00 bits per heavy atom. The molecule has 3 rings (SSSR count). The molecule has 4 nitrogen and oxygen atoms in total. The van der Waals surface area contributed by atoms with E-state index in [0.717, 1.165) is 36.6 Å². The summed E-state index contributed by atoms with van der Waals surface area (Å²) in [5.41, 5.74) is 7.66. The lowest BCUT2D eigenvalue weighted by Gasteiger charge is -2.18. The Bertz CT molecular complexity index is 612. The van der Waals surface area contributed by atoms with Gasteiger partial charge in [0.15, 0.2) is 5.82 Å². The van der Waals surface area contributed by atoms with Crippen molar-refractivity contribution in [1.82, 2.24) is 9.97 Å². The zero-order chi connectivity index (χ0) is 14.1. The van der Waals surface area contributed by atoms with Crippen LogP contribution >= 0.6 is 0 Å². The van der Waals surface area contributed by atoms with Crippen LogP contribution < -0.4 is 10.6 Å². The maximum absolute atomic E-state index is 13.0. The summed E-state index contributed by atoms with van der Waals surface area (Å²) < 4.78 is 13.0. The summed E-state index contributed by atoms with van der Waals surface area (Å²) in [6.45, 7) is 3.67. The van der Waals surface area contributed by atoms with Crippen LogP contribution in [0, 0.1) is 12.7 Å². The van der Waals surface area contributed by atoms with Crippen LogP contribution in [0.5, 0.6) is 0 Å². The third-order valence-electron chi connectivity index (χ3n) is 3.49. The van der Waals surface area contributed by atoms with E-state index < -0.39 is 0 Å². The minimum absolute atomic E-state index is 0.208. The SMILES string of the molecule is Cc1cc(N2CCC(N)C2)nc(-c2ccc(F)cc2)n1. The summed E-state index contributed by atoms with van der Waals surface area (Å²) in [4.78, 5) is 11.2. The summed E-state index contributed by atoms with van der Waals surface area (Å²) in [7, 11) is 0. The fourth-order valence-corrected chi connectivity index (χ4v) is 2.44. The molecule has 104 valence electrons. The number of aromatic nitrogens is 2. The summed E-state index contributed by atoms with van der Waals surface area (Å²) in [5, 5.41) is 0. The van der Waals surface area contributed by atoms with E-state index in [1.807, 2.05) is 13.0 Å². The molecule has 2 N–H and O–H groups in total.